The van der Waals surface area contributed by atoms with Gasteiger partial charge >= 0.3 is 0 Å². The van der Waals surface area contributed by atoms with Crippen LogP contribution in [0.25, 0.3) is 6.08 Å². The molecule has 0 spiro atoms. The molecule has 0 saturated carbocycles. The van der Waals surface area contributed by atoms with E-state index in [0.717, 1.165) is 12.4 Å². The van der Waals surface area contributed by atoms with Crippen molar-refractivity contribution in [1.29, 1.82) is 0 Å². The second kappa shape index (κ2) is 3.66. The van der Waals surface area contributed by atoms with Crippen LogP contribution in [0.15, 0.2) is 36.2 Å². The number of halogens is 1. The molecule has 1 nitrogen and oxygen atoms in total. The first-order valence-corrected chi connectivity index (χ1v) is 3.13. The van der Waals surface area contributed by atoms with Gasteiger partial charge in [-0.05, 0) is 11.6 Å². The van der Waals surface area contributed by atoms with Gasteiger partial charge in [-0.2, -0.15) is 0 Å². The Labute approximate surface area is 64.2 Å². The Morgan fingerprint density at radius 3 is 2.55 bits per heavy atom. The molecule has 0 atom stereocenters. The monoisotopic (exact) mass is 149 g/mol. The minimum Gasteiger partial charge on any atom is -0.282 e. The quantitative estimate of drug-likeness (QED) is 0.588. The van der Waals surface area contributed by atoms with Gasteiger partial charge in [-0.3, -0.25) is 4.79 Å². The molecule has 0 fully saturated rings. The van der Waals surface area contributed by atoms with E-state index in [4.69, 9.17) is 0 Å². The normalized spacial score (nSPS) is 11.2. The molecule has 0 aliphatic heterocycles. The molecule has 1 aromatic rings. The van der Waals surface area contributed by atoms with E-state index in [1.807, 2.05) is 6.07 Å². The van der Waals surface area contributed by atoms with E-state index in [-0.39, 0.29) is 0 Å². The number of rotatable bonds is 2. The van der Waals surface area contributed by atoms with Crippen molar-refractivity contribution < 1.29 is 9.18 Å². The van der Waals surface area contributed by atoms with Crippen molar-refractivity contribution in [3.63, 3.8) is 0 Å². The fraction of sp³-hybridized carbons (Fsp3) is 0. The predicted octanol–water partition coefficient (Wildman–Crippen LogP) is 2.11. The molecule has 0 bridgehead atoms. The van der Waals surface area contributed by atoms with Crippen LogP contribution in [0.2, 0.25) is 0 Å². The first-order chi connectivity index (χ1) is 5.33. The van der Waals surface area contributed by atoms with Gasteiger partial charge in [0.2, 0.25) is 0 Å². The van der Waals surface area contributed by atoms with E-state index < -0.39 is 5.83 Å². The average Bonchev–Trinajstić information content (AvgIpc) is 2.06. The zero-order chi connectivity index (χ0) is 8.10. The van der Waals surface area contributed by atoms with Gasteiger partial charge in [-0.25, -0.2) is 4.39 Å². The summed E-state index contributed by atoms with van der Waals surface area (Å²) >= 11 is 0. The molecule has 0 aromatic heterocycles. The van der Waals surface area contributed by atoms with Gasteiger partial charge in [-0.15, -0.1) is 0 Å². The van der Waals surface area contributed by atoms with Crippen LogP contribution in [0.4, 0.5) is 4.39 Å². The van der Waals surface area contributed by atoms with E-state index in [2.05, 4.69) is 0 Å². The fourth-order valence-electron chi connectivity index (χ4n) is 0.725. The van der Waals surface area contributed by atoms with Gasteiger partial charge in [0.15, 0.2) is 5.83 Å². The van der Waals surface area contributed by atoms with E-state index in [9.17, 15) is 9.18 Å². The van der Waals surface area contributed by atoms with Crippen molar-refractivity contribution in [1.82, 2.24) is 0 Å². The summed E-state index contributed by atoms with van der Waals surface area (Å²) in [5.41, 5.74) is 0.661. The Bertz CT molecular complexity index is 264. The Kier molecular flexibility index (Phi) is 2.55. The summed E-state index contributed by atoms with van der Waals surface area (Å²) in [6.07, 6.45) is 2.29. The minimum atomic E-state index is -0.879. The topological polar surface area (TPSA) is 17.1 Å². The predicted molar refractivity (Wildman–Crippen MR) is 41.2 cm³/mol. The number of carbonyl (C=O) groups excluding carboxylic acids is 1. The Morgan fingerprint density at radius 1 is 1.36 bits per heavy atom. The summed E-state index contributed by atoms with van der Waals surface area (Å²) in [5.74, 6) is -0.879. The third-order valence-corrected chi connectivity index (χ3v) is 1.19. The van der Waals surface area contributed by atoms with E-state index in [0.29, 0.717) is 5.56 Å². The number of allylic oxidation sites excluding steroid dienone is 1. The first kappa shape index (κ1) is 7.66. The molecule has 11 heavy (non-hydrogen) atoms. The second-order valence-electron chi connectivity index (χ2n) is 2.01. The van der Waals surface area contributed by atoms with Crippen LogP contribution in [0.1, 0.15) is 5.56 Å². The van der Waals surface area contributed by atoms with Crippen LogP contribution >= 0.6 is 0 Å². The van der Waals surface area contributed by atoms with Gasteiger partial charge in [0, 0.05) is 0 Å². The SMILES string of the molecule is O=[C]/C(F)=C\c1ccccc1. The molecule has 2 heteroatoms. The van der Waals surface area contributed by atoms with E-state index in [1.165, 1.54) is 0 Å². The maximum Gasteiger partial charge on any atom is 0.264 e. The third-order valence-electron chi connectivity index (χ3n) is 1.19. The van der Waals surface area contributed by atoms with Gasteiger partial charge in [0.1, 0.15) is 0 Å². The minimum absolute atomic E-state index is 0.661. The maximum atomic E-state index is 12.3. The number of hydrogen-bond acceptors (Lipinski definition) is 1. The molecule has 1 aromatic carbocycles. The third kappa shape index (κ3) is 2.34. The first-order valence-electron chi connectivity index (χ1n) is 3.13. The maximum absolute atomic E-state index is 12.3. The molecule has 1 rings (SSSR count). The van der Waals surface area contributed by atoms with Crippen molar-refractivity contribution in [2.75, 3.05) is 0 Å². The molecule has 0 saturated heterocycles. The summed E-state index contributed by atoms with van der Waals surface area (Å²) in [6, 6.07) is 8.77. The lowest BCUT2D eigenvalue weighted by Crippen LogP contribution is -1.74. The highest BCUT2D eigenvalue weighted by atomic mass is 19.1. The summed E-state index contributed by atoms with van der Waals surface area (Å²) in [5, 5.41) is 0. The van der Waals surface area contributed by atoms with E-state index in [1.54, 1.807) is 24.3 Å². The molecule has 1 radical (unpaired) electrons. The lowest BCUT2D eigenvalue weighted by Gasteiger charge is -1.88. The number of benzene rings is 1. The van der Waals surface area contributed by atoms with Crippen molar-refractivity contribution in [2.45, 2.75) is 0 Å². The second-order valence-corrected chi connectivity index (χ2v) is 2.01. The molecular weight excluding hydrogens is 143 g/mol. The summed E-state index contributed by atoms with van der Waals surface area (Å²) in [7, 11) is 0. The van der Waals surface area contributed by atoms with Crippen LogP contribution < -0.4 is 0 Å². The molecule has 0 aliphatic rings. The van der Waals surface area contributed by atoms with Gasteiger partial charge in [0.05, 0.1) is 0 Å². The van der Waals surface area contributed by atoms with Crippen molar-refractivity contribution in [3.05, 3.63) is 41.7 Å². The lowest BCUT2D eigenvalue weighted by molar-refractivity contribution is 0.544. The zero-order valence-corrected chi connectivity index (χ0v) is 5.75. The fourth-order valence-corrected chi connectivity index (χ4v) is 0.725. The van der Waals surface area contributed by atoms with E-state index >= 15 is 0 Å². The standard InChI is InChI=1S/C9H6FO/c10-9(7-11)6-8-4-2-1-3-5-8/h1-6H/b9-6+. The molecule has 55 valence electrons. The molecule has 0 aliphatic carbocycles. The number of hydrogen-bond donors (Lipinski definition) is 0. The van der Waals surface area contributed by atoms with Gasteiger partial charge < -0.3 is 0 Å². The lowest BCUT2D eigenvalue weighted by atomic mass is 10.2. The molecular formula is C9H6FO. The van der Waals surface area contributed by atoms with Crippen LogP contribution in [0, 0.1) is 0 Å². The highest BCUT2D eigenvalue weighted by molar-refractivity contribution is 5.79. The summed E-state index contributed by atoms with van der Waals surface area (Å²) < 4.78 is 12.3. The largest absolute Gasteiger partial charge is 0.282 e. The molecule has 0 heterocycles. The highest BCUT2D eigenvalue weighted by Crippen LogP contribution is 2.04. The average molecular weight is 149 g/mol. The zero-order valence-electron chi connectivity index (χ0n) is 5.75. The summed E-state index contributed by atoms with van der Waals surface area (Å²) in [6.45, 7) is 0. The van der Waals surface area contributed by atoms with Crippen molar-refractivity contribution >= 4 is 12.4 Å². The molecule has 0 N–H and O–H groups in total. The van der Waals surface area contributed by atoms with Crippen LogP contribution in [0.5, 0.6) is 0 Å². The molecule has 0 amide bonds. The summed E-state index contributed by atoms with van der Waals surface area (Å²) in [4.78, 5) is 9.74. The van der Waals surface area contributed by atoms with Gasteiger partial charge in [-0.1, -0.05) is 30.3 Å². The Hall–Kier alpha value is -1.44. The van der Waals surface area contributed by atoms with Crippen LogP contribution in [-0.2, 0) is 4.79 Å². The van der Waals surface area contributed by atoms with Crippen molar-refractivity contribution in [3.8, 4) is 0 Å². The Morgan fingerprint density at radius 2 is 2.00 bits per heavy atom. The van der Waals surface area contributed by atoms with Crippen molar-refractivity contribution in [2.24, 2.45) is 0 Å². The smallest absolute Gasteiger partial charge is 0.264 e. The highest BCUT2D eigenvalue weighted by Gasteiger charge is 1.91. The van der Waals surface area contributed by atoms with Gasteiger partial charge in [0.25, 0.3) is 6.29 Å². The molecule has 0 unspecified atom stereocenters. The Balaban J connectivity index is 2.87. The van der Waals surface area contributed by atoms with Crippen LogP contribution in [-0.4, -0.2) is 6.29 Å². The van der Waals surface area contributed by atoms with Crippen LogP contribution in [0.3, 0.4) is 0 Å².